The number of halogens is 3. The molecular formula is C52H57F3N10O6. The zero-order valence-electron chi connectivity index (χ0n) is 39.8. The van der Waals surface area contributed by atoms with Crippen LogP contribution in [0.2, 0.25) is 0 Å². The number of ether oxygens (including phenoxy) is 2. The van der Waals surface area contributed by atoms with Crippen LogP contribution in [0.5, 0.6) is 0 Å². The second kappa shape index (κ2) is 20.2. The van der Waals surface area contributed by atoms with Crippen molar-refractivity contribution in [3.63, 3.8) is 0 Å². The Morgan fingerprint density at radius 3 is 2.28 bits per heavy atom. The highest BCUT2D eigenvalue weighted by Gasteiger charge is 2.40. The summed E-state index contributed by atoms with van der Waals surface area (Å²) in [5.41, 5.74) is 4.96. The number of nitrogens with one attached hydrogen (secondary N) is 1. The quantitative estimate of drug-likeness (QED) is 0.100. The highest BCUT2D eigenvalue weighted by Crippen LogP contribution is 2.35. The van der Waals surface area contributed by atoms with Crippen LogP contribution in [-0.2, 0) is 58.5 Å². The lowest BCUT2D eigenvalue weighted by molar-refractivity contribution is -0.137. The molecule has 16 nitrogen and oxygen atoms in total. The van der Waals surface area contributed by atoms with E-state index in [9.17, 15) is 32.3 Å². The van der Waals surface area contributed by atoms with Crippen molar-refractivity contribution in [3.05, 3.63) is 147 Å². The predicted molar refractivity (Wildman–Crippen MR) is 257 cm³/mol. The van der Waals surface area contributed by atoms with E-state index in [1.807, 2.05) is 36.7 Å². The molecule has 3 aromatic heterocycles. The topological polar surface area (TPSA) is 152 Å². The largest absolute Gasteiger partial charge is 0.418 e. The third-order valence-corrected chi connectivity index (χ3v) is 14.4. The van der Waals surface area contributed by atoms with Crippen molar-refractivity contribution in [2.24, 2.45) is 7.05 Å². The van der Waals surface area contributed by atoms with Crippen LogP contribution in [0.1, 0.15) is 88.1 Å². The van der Waals surface area contributed by atoms with E-state index in [2.05, 4.69) is 60.5 Å². The monoisotopic (exact) mass is 974 g/mol. The number of imide groups is 1. The molecule has 6 aromatic rings. The van der Waals surface area contributed by atoms with Gasteiger partial charge in [-0.05, 0) is 83.5 Å². The number of amides is 3. The third kappa shape index (κ3) is 10.4. The number of aromatic nitrogens is 5. The number of hydrogen-bond donors (Lipinski definition) is 1. The van der Waals surface area contributed by atoms with Crippen LogP contribution < -0.4 is 15.9 Å². The van der Waals surface area contributed by atoms with Crippen LogP contribution in [0.4, 0.5) is 18.9 Å². The number of likely N-dealkylation sites (tertiary alicyclic amines) is 1. The number of nitrogens with zero attached hydrogens (tertiary/aromatic N) is 9. The molecule has 3 saturated heterocycles. The maximum atomic E-state index is 14.5. The molecule has 0 bridgehead atoms. The molecule has 3 amide bonds. The van der Waals surface area contributed by atoms with E-state index in [1.54, 1.807) is 29.4 Å². The molecule has 1 N–H and O–H groups in total. The smallest absolute Gasteiger partial charge is 0.376 e. The lowest BCUT2D eigenvalue weighted by Gasteiger charge is -2.36. The maximum absolute atomic E-state index is 14.5. The lowest BCUT2D eigenvalue weighted by atomic mass is 10.00. The Kier molecular flexibility index (Phi) is 13.7. The van der Waals surface area contributed by atoms with Crippen LogP contribution in [0.25, 0.3) is 11.2 Å². The second-order valence-corrected chi connectivity index (χ2v) is 19.1. The number of pyridine rings is 1. The molecule has 71 heavy (non-hydrogen) atoms. The number of alkyl halides is 3. The van der Waals surface area contributed by atoms with Gasteiger partial charge in [-0.1, -0.05) is 43.3 Å². The SMILES string of the molecule is C[C@H](c1cccc(-n2cc3c(C(F)(F)F)cc(CN4CCC(OCCOCc5ccc(CN6CCN(c7ccc8c(c7)CN(C7CCC(=O)NC7=O)C8=O)CC6)cc5)CC4)cn3c2=O)c1)c1nncn1C. The van der Waals surface area contributed by atoms with E-state index in [0.29, 0.717) is 62.7 Å². The van der Waals surface area contributed by atoms with E-state index >= 15 is 0 Å². The summed E-state index contributed by atoms with van der Waals surface area (Å²) in [7, 11) is 1.84. The van der Waals surface area contributed by atoms with Crippen molar-refractivity contribution >= 4 is 28.9 Å². The maximum Gasteiger partial charge on any atom is 0.418 e. The number of rotatable bonds is 15. The molecule has 10 rings (SSSR count). The summed E-state index contributed by atoms with van der Waals surface area (Å²) < 4.78 is 59.9. The summed E-state index contributed by atoms with van der Waals surface area (Å²) in [6, 6.07) is 22.1. The molecule has 4 aliphatic heterocycles. The van der Waals surface area contributed by atoms with Gasteiger partial charge in [-0.3, -0.25) is 38.5 Å². The van der Waals surface area contributed by atoms with E-state index in [1.165, 1.54) is 22.5 Å². The van der Waals surface area contributed by atoms with Crippen molar-refractivity contribution in [2.75, 3.05) is 57.4 Å². The summed E-state index contributed by atoms with van der Waals surface area (Å²) in [4.78, 5) is 59.4. The van der Waals surface area contributed by atoms with Crippen molar-refractivity contribution in [1.82, 2.24) is 43.7 Å². The van der Waals surface area contributed by atoms with Gasteiger partial charge in [-0.25, -0.2) is 4.79 Å². The van der Waals surface area contributed by atoms with Gasteiger partial charge < -0.3 is 23.8 Å². The van der Waals surface area contributed by atoms with Crippen molar-refractivity contribution < 1.29 is 37.0 Å². The number of imidazole rings is 1. The van der Waals surface area contributed by atoms with Gasteiger partial charge in [0.1, 0.15) is 18.2 Å². The normalized spacial score (nSPS) is 18.9. The van der Waals surface area contributed by atoms with Crippen molar-refractivity contribution in [3.8, 4) is 5.69 Å². The molecule has 0 spiro atoms. The first-order valence-electron chi connectivity index (χ1n) is 24.3. The van der Waals surface area contributed by atoms with E-state index < -0.39 is 29.4 Å². The van der Waals surface area contributed by atoms with Crippen molar-refractivity contribution in [1.29, 1.82) is 0 Å². The number of aryl methyl sites for hydroxylation is 1. The van der Waals surface area contributed by atoms with E-state index in [4.69, 9.17) is 9.47 Å². The number of piperazine rings is 1. The first-order valence-corrected chi connectivity index (χ1v) is 24.3. The molecule has 19 heteroatoms. The highest BCUT2D eigenvalue weighted by atomic mass is 19.4. The van der Waals surface area contributed by atoms with Gasteiger partial charge in [0.15, 0.2) is 0 Å². The Morgan fingerprint density at radius 2 is 1.55 bits per heavy atom. The minimum absolute atomic E-state index is 0.0184. The molecular weight excluding hydrogens is 918 g/mol. The Hall–Kier alpha value is -6.67. The fourth-order valence-electron chi connectivity index (χ4n) is 10.4. The first-order chi connectivity index (χ1) is 34.2. The van der Waals surface area contributed by atoms with Crippen LogP contribution in [0, 0.1) is 0 Å². The van der Waals surface area contributed by atoms with Gasteiger partial charge in [0, 0.05) is 102 Å². The zero-order valence-corrected chi connectivity index (χ0v) is 39.8. The summed E-state index contributed by atoms with van der Waals surface area (Å²) >= 11 is 0. The predicted octanol–water partition coefficient (Wildman–Crippen LogP) is 5.67. The highest BCUT2D eigenvalue weighted by molar-refractivity contribution is 6.05. The molecule has 1 unspecified atom stereocenters. The average Bonchev–Trinajstić information content (AvgIpc) is 4.05. The minimum Gasteiger partial charge on any atom is -0.376 e. The molecule has 0 saturated carbocycles. The number of carbonyl (C=O) groups is 3. The molecule has 2 atom stereocenters. The molecule has 0 aliphatic carbocycles. The molecule has 3 aromatic carbocycles. The van der Waals surface area contributed by atoms with E-state index in [-0.39, 0.29) is 42.3 Å². The third-order valence-electron chi connectivity index (χ3n) is 14.4. The zero-order chi connectivity index (χ0) is 49.4. The van der Waals surface area contributed by atoms with Crippen molar-refractivity contribution in [2.45, 2.75) is 83.1 Å². The standard InChI is InChI=1S/C52H57F3N10O6/c1-34(48-58-56-33-59(48)2)38-4-3-5-41(25-38)63-31-46-44(52(53,54)55)24-37(29-65(46)51(63)69)28-60-16-14-42(15-17-60)71-23-22-70-32-36-8-6-35(7-9-36)27-61-18-20-62(21-19-61)40-10-11-43-39(26-40)30-64(50(43)68)45-12-13-47(66)57-49(45)67/h3-11,24-26,29,31,33-34,42,45H,12-23,27-28,30,32H2,1-2H3,(H,57,66,67)/t34-,45?/m1/s1. The van der Waals surface area contributed by atoms with Crippen LogP contribution in [-0.4, -0.2) is 121 Å². The lowest BCUT2D eigenvalue weighted by Crippen LogP contribution is -2.52. The number of hydrogen-bond acceptors (Lipinski definition) is 11. The average molecular weight is 975 g/mol. The fourth-order valence-corrected chi connectivity index (χ4v) is 10.4. The van der Waals surface area contributed by atoms with Gasteiger partial charge in [-0.2, -0.15) is 13.2 Å². The fraction of sp³-hybridized carbons (Fsp3) is 0.423. The Labute approximate surface area is 408 Å². The van der Waals surface area contributed by atoms with Crippen LogP contribution in [0.3, 0.4) is 0 Å². The summed E-state index contributed by atoms with van der Waals surface area (Å²) in [6.45, 7) is 9.53. The molecule has 4 aliphatic rings. The van der Waals surface area contributed by atoms with Crippen LogP contribution in [0.15, 0.2) is 96.3 Å². The Morgan fingerprint density at radius 1 is 0.803 bits per heavy atom. The Balaban J connectivity index is 0.648. The number of fused-ring (bicyclic) bond motifs is 2. The summed E-state index contributed by atoms with van der Waals surface area (Å²) in [5.74, 6) is -0.301. The van der Waals surface area contributed by atoms with Gasteiger partial charge in [0.25, 0.3) is 5.91 Å². The van der Waals surface area contributed by atoms with Gasteiger partial charge in [0.2, 0.25) is 11.8 Å². The summed E-state index contributed by atoms with van der Waals surface area (Å²) in [5, 5.41) is 10.5. The first kappa shape index (κ1) is 48.0. The molecule has 372 valence electrons. The number of benzene rings is 3. The second-order valence-electron chi connectivity index (χ2n) is 19.1. The Bertz CT molecular complexity index is 2990. The van der Waals surface area contributed by atoms with Gasteiger partial charge >= 0.3 is 11.9 Å². The number of piperidine rings is 2. The van der Waals surface area contributed by atoms with Gasteiger partial charge in [-0.15, -0.1) is 10.2 Å². The number of anilines is 1. The van der Waals surface area contributed by atoms with Gasteiger partial charge in [0.05, 0.1) is 42.7 Å². The molecule has 7 heterocycles. The van der Waals surface area contributed by atoms with E-state index in [0.717, 1.165) is 84.2 Å². The minimum atomic E-state index is -4.67. The number of carbonyl (C=O) groups excluding carboxylic acids is 3. The summed E-state index contributed by atoms with van der Waals surface area (Å²) in [6.07, 6.45) is 1.78. The molecule has 0 radical (unpaired) electrons. The molecule has 3 fully saturated rings. The van der Waals surface area contributed by atoms with Crippen LogP contribution >= 0.6 is 0 Å².